The molecule has 21 heavy (non-hydrogen) atoms. The van der Waals surface area contributed by atoms with Crippen LogP contribution in [0, 0.1) is 0 Å². The van der Waals surface area contributed by atoms with Crippen molar-refractivity contribution in [2.24, 2.45) is 0 Å². The highest BCUT2D eigenvalue weighted by molar-refractivity contribution is 5.81. The van der Waals surface area contributed by atoms with Gasteiger partial charge in [0.05, 0.1) is 18.8 Å². The number of fused-ring (bicyclic) bond motifs is 1. The molecule has 2 N–H and O–H groups in total. The number of amides is 1. The van der Waals surface area contributed by atoms with Crippen LogP contribution in [0.2, 0.25) is 0 Å². The predicted molar refractivity (Wildman–Crippen MR) is 84.2 cm³/mol. The van der Waals surface area contributed by atoms with Crippen molar-refractivity contribution >= 4 is 5.91 Å². The first-order valence-electron chi connectivity index (χ1n) is 7.61. The third-order valence-corrected chi connectivity index (χ3v) is 3.59. The van der Waals surface area contributed by atoms with Crippen LogP contribution in [0.1, 0.15) is 44.9 Å². The normalized spacial score (nSPS) is 19.7. The Morgan fingerprint density at radius 2 is 2.10 bits per heavy atom. The SMILES string of the molecule is CC(NCC1OCCc2ccccc21)C(=O)NC(C)(C)C. The molecule has 1 aliphatic rings. The van der Waals surface area contributed by atoms with Crippen molar-refractivity contribution in [2.45, 2.75) is 51.8 Å². The van der Waals surface area contributed by atoms with Crippen molar-refractivity contribution in [2.75, 3.05) is 13.2 Å². The van der Waals surface area contributed by atoms with E-state index >= 15 is 0 Å². The summed E-state index contributed by atoms with van der Waals surface area (Å²) in [6, 6.07) is 8.13. The monoisotopic (exact) mass is 290 g/mol. The number of nitrogens with one attached hydrogen (secondary N) is 2. The number of hydrogen-bond donors (Lipinski definition) is 2. The summed E-state index contributed by atoms with van der Waals surface area (Å²) in [5, 5.41) is 6.26. The Labute approximate surface area is 127 Å². The van der Waals surface area contributed by atoms with Crippen molar-refractivity contribution in [1.82, 2.24) is 10.6 Å². The summed E-state index contributed by atoms with van der Waals surface area (Å²) in [4.78, 5) is 12.1. The van der Waals surface area contributed by atoms with Crippen molar-refractivity contribution in [3.8, 4) is 0 Å². The molecular weight excluding hydrogens is 264 g/mol. The fourth-order valence-electron chi connectivity index (χ4n) is 2.50. The van der Waals surface area contributed by atoms with E-state index in [1.165, 1.54) is 11.1 Å². The number of hydrogen-bond acceptors (Lipinski definition) is 3. The van der Waals surface area contributed by atoms with E-state index in [0.717, 1.165) is 13.0 Å². The summed E-state index contributed by atoms with van der Waals surface area (Å²) < 4.78 is 5.84. The molecule has 0 bridgehead atoms. The summed E-state index contributed by atoms with van der Waals surface area (Å²) in [7, 11) is 0. The van der Waals surface area contributed by atoms with Gasteiger partial charge in [0.1, 0.15) is 0 Å². The maximum absolute atomic E-state index is 12.1. The summed E-state index contributed by atoms with van der Waals surface area (Å²) in [6.07, 6.45) is 0.993. The number of benzene rings is 1. The molecular formula is C17H26N2O2. The molecule has 1 aromatic rings. The van der Waals surface area contributed by atoms with Gasteiger partial charge in [0.2, 0.25) is 5.91 Å². The Balaban J connectivity index is 1.91. The van der Waals surface area contributed by atoms with Gasteiger partial charge in [-0.05, 0) is 45.2 Å². The third-order valence-electron chi connectivity index (χ3n) is 3.59. The minimum Gasteiger partial charge on any atom is -0.372 e. The van der Waals surface area contributed by atoms with Gasteiger partial charge in [0.25, 0.3) is 0 Å². The third kappa shape index (κ3) is 4.55. The molecule has 2 atom stereocenters. The smallest absolute Gasteiger partial charge is 0.237 e. The molecule has 0 saturated carbocycles. The van der Waals surface area contributed by atoms with E-state index in [9.17, 15) is 4.79 Å². The Bertz CT molecular complexity index is 494. The van der Waals surface area contributed by atoms with Crippen LogP contribution < -0.4 is 10.6 Å². The maximum Gasteiger partial charge on any atom is 0.237 e. The highest BCUT2D eigenvalue weighted by Gasteiger charge is 2.23. The summed E-state index contributed by atoms with van der Waals surface area (Å²) in [5.41, 5.74) is 2.38. The molecule has 2 unspecified atom stereocenters. The molecule has 1 aromatic carbocycles. The van der Waals surface area contributed by atoms with Crippen LogP contribution in [0.4, 0.5) is 0 Å². The van der Waals surface area contributed by atoms with Crippen molar-refractivity contribution < 1.29 is 9.53 Å². The van der Waals surface area contributed by atoms with E-state index in [1.54, 1.807) is 0 Å². The zero-order chi connectivity index (χ0) is 15.5. The predicted octanol–water partition coefficient (Wildman–Crippen LogP) is 2.19. The molecule has 4 heteroatoms. The van der Waals surface area contributed by atoms with E-state index in [4.69, 9.17) is 4.74 Å². The second kappa shape index (κ2) is 6.58. The fraction of sp³-hybridized carbons (Fsp3) is 0.588. The van der Waals surface area contributed by atoms with E-state index in [1.807, 2.05) is 33.8 Å². The van der Waals surface area contributed by atoms with E-state index in [2.05, 4.69) is 28.8 Å². The maximum atomic E-state index is 12.1. The largest absolute Gasteiger partial charge is 0.372 e. The Morgan fingerprint density at radius 3 is 2.81 bits per heavy atom. The van der Waals surface area contributed by atoms with Crippen LogP contribution in [-0.2, 0) is 16.0 Å². The van der Waals surface area contributed by atoms with Gasteiger partial charge >= 0.3 is 0 Å². The van der Waals surface area contributed by atoms with Crippen molar-refractivity contribution in [3.05, 3.63) is 35.4 Å². The highest BCUT2D eigenvalue weighted by atomic mass is 16.5. The fourth-order valence-corrected chi connectivity index (χ4v) is 2.50. The van der Waals surface area contributed by atoms with Gasteiger partial charge in [0, 0.05) is 12.1 Å². The first-order valence-corrected chi connectivity index (χ1v) is 7.61. The summed E-state index contributed by atoms with van der Waals surface area (Å²) in [5.74, 6) is 0.0200. The molecule has 0 radical (unpaired) electrons. The second-order valence-corrected chi connectivity index (χ2v) is 6.68. The van der Waals surface area contributed by atoms with E-state index in [0.29, 0.717) is 6.54 Å². The molecule has 1 heterocycles. The van der Waals surface area contributed by atoms with Crippen molar-refractivity contribution in [1.29, 1.82) is 0 Å². The van der Waals surface area contributed by atoms with Crippen LogP contribution in [0.5, 0.6) is 0 Å². The Kier molecular flexibility index (Phi) is 5.01. The lowest BCUT2D eigenvalue weighted by Crippen LogP contribution is -2.50. The average molecular weight is 290 g/mol. The molecule has 1 aliphatic heterocycles. The number of ether oxygens (including phenoxy) is 1. The molecule has 0 spiro atoms. The summed E-state index contributed by atoms with van der Waals surface area (Å²) >= 11 is 0. The van der Waals surface area contributed by atoms with Crippen LogP contribution in [0.25, 0.3) is 0 Å². The van der Waals surface area contributed by atoms with E-state index in [-0.39, 0.29) is 23.6 Å². The molecule has 0 saturated heterocycles. The molecule has 0 fully saturated rings. The van der Waals surface area contributed by atoms with Gasteiger partial charge in [-0.15, -0.1) is 0 Å². The second-order valence-electron chi connectivity index (χ2n) is 6.68. The number of carbonyl (C=O) groups is 1. The molecule has 2 rings (SSSR count). The molecule has 0 aliphatic carbocycles. The zero-order valence-electron chi connectivity index (χ0n) is 13.4. The van der Waals surface area contributed by atoms with Gasteiger partial charge < -0.3 is 15.4 Å². The Morgan fingerprint density at radius 1 is 1.38 bits per heavy atom. The quantitative estimate of drug-likeness (QED) is 0.894. The molecule has 4 nitrogen and oxygen atoms in total. The zero-order valence-corrected chi connectivity index (χ0v) is 13.4. The molecule has 116 valence electrons. The standard InChI is InChI=1S/C17H26N2O2/c1-12(16(20)19-17(2,3)4)18-11-15-14-8-6-5-7-13(14)9-10-21-15/h5-8,12,15,18H,9-11H2,1-4H3,(H,19,20). The van der Waals surface area contributed by atoms with Crippen LogP contribution >= 0.6 is 0 Å². The van der Waals surface area contributed by atoms with Gasteiger partial charge in [-0.3, -0.25) is 4.79 Å². The topological polar surface area (TPSA) is 50.4 Å². The van der Waals surface area contributed by atoms with Crippen LogP contribution in [-0.4, -0.2) is 30.6 Å². The van der Waals surface area contributed by atoms with Gasteiger partial charge in [0.15, 0.2) is 0 Å². The lowest BCUT2D eigenvalue weighted by Gasteiger charge is -2.28. The first-order chi connectivity index (χ1) is 9.87. The van der Waals surface area contributed by atoms with Gasteiger partial charge in [-0.2, -0.15) is 0 Å². The van der Waals surface area contributed by atoms with Crippen LogP contribution in [0.3, 0.4) is 0 Å². The average Bonchev–Trinajstić information content (AvgIpc) is 2.42. The highest BCUT2D eigenvalue weighted by Crippen LogP contribution is 2.26. The van der Waals surface area contributed by atoms with E-state index < -0.39 is 0 Å². The number of carbonyl (C=O) groups excluding carboxylic acids is 1. The van der Waals surface area contributed by atoms with Crippen molar-refractivity contribution in [3.63, 3.8) is 0 Å². The lowest BCUT2D eigenvalue weighted by molar-refractivity contribution is -0.124. The Hall–Kier alpha value is -1.39. The molecule has 1 amide bonds. The summed E-state index contributed by atoms with van der Waals surface area (Å²) in [6.45, 7) is 9.23. The van der Waals surface area contributed by atoms with Crippen LogP contribution in [0.15, 0.2) is 24.3 Å². The van der Waals surface area contributed by atoms with Gasteiger partial charge in [-0.1, -0.05) is 24.3 Å². The lowest BCUT2D eigenvalue weighted by atomic mass is 9.97. The van der Waals surface area contributed by atoms with Gasteiger partial charge in [-0.25, -0.2) is 0 Å². The first kappa shape index (κ1) is 16.0. The number of rotatable bonds is 4. The minimum atomic E-state index is -0.234. The minimum absolute atomic E-state index is 0.0200. The molecule has 0 aromatic heterocycles.